The zero-order valence-electron chi connectivity index (χ0n) is 12.7. The van der Waals surface area contributed by atoms with Crippen LogP contribution in [0.15, 0.2) is 22.7 Å². The molecule has 0 atom stereocenters. The van der Waals surface area contributed by atoms with Crippen molar-refractivity contribution in [2.24, 2.45) is 17.8 Å². The summed E-state index contributed by atoms with van der Waals surface area (Å²) < 4.78 is 6.36. The Kier molecular flexibility index (Phi) is 3.54. The summed E-state index contributed by atoms with van der Waals surface area (Å²) in [6, 6.07) is 6.42. The Morgan fingerprint density at radius 3 is 2.29 bits per heavy atom. The molecule has 0 radical (unpaired) electrons. The first-order valence-electron chi connectivity index (χ1n) is 8.23. The van der Waals surface area contributed by atoms with Gasteiger partial charge in [0, 0.05) is 12.1 Å². The molecule has 21 heavy (non-hydrogen) atoms. The van der Waals surface area contributed by atoms with E-state index in [1.54, 1.807) is 7.11 Å². The quantitative estimate of drug-likeness (QED) is 0.862. The van der Waals surface area contributed by atoms with Gasteiger partial charge in [0.15, 0.2) is 0 Å². The Bertz CT molecular complexity index is 507. The van der Waals surface area contributed by atoms with Crippen molar-refractivity contribution >= 4 is 15.9 Å². The van der Waals surface area contributed by atoms with Gasteiger partial charge in [0.05, 0.1) is 11.6 Å². The maximum absolute atomic E-state index is 5.31. The summed E-state index contributed by atoms with van der Waals surface area (Å²) in [5.74, 6) is 3.93. The summed E-state index contributed by atoms with van der Waals surface area (Å²) in [5, 5.41) is 3.95. The van der Waals surface area contributed by atoms with Gasteiger partial charge in [-0.2, -0.15) is 0 Å². The lowest BCUT2D eigenvalue weighted by Crippen LogP contribution is -2.58. The van der Waals surface area contributed by atoms with E-state index in [1.807, 2.05) is 0 Å². The molecule has 3 heteroatoms. The lowest BCUT2D eigenvalue weighted by molar-refractivity contribution is -0.0206. The van der Waals surface area contributed by atoms with Gasteiger partial charge in [0.2, 0.25) is 0 Å². The molecule has 4 fully saturated rings. The minimum Gasteiger partial charge on any atom is -0.496 e. The molecule has 4 aliphatic carbocycles. The smallest absolute Gasteiger partial charge is 0.133 e. The van der Waals surface area contributed by atoms with Crippen molar-refractivity contribution in [1.29, 1.82) is 0 Å². The Morgan fingerprint density at radius 2 is 1.76 bits per heavy atom. The van der Waals surface area contributed by atoms with Crippen LogP contribution in [0.5, 0.6) is 5.75 Å². The summed E-state index contributed by atoms with van der Waals surface area (Å²) in [6.07, 6.45) is 8.77. The van der Waals surface area contributed by atoms with Crippen molar-refractivity contribution in [2.45, 2.75) is 50.6 Å². The Balaban J connectivity index is 1.46. The Morgan fingerprint density at radius 1 is 1.14 bits per heavy atom. The number of nitrogens with one attached hydrogen (secondary N) is 1. The third-order valence-electron chi connectivity index (χ3n) is 5.92. The van der Waals surface area contributed by atoms with Crippen LogP contribution in [0.1, 0.15) is 44.1 Å². The van der Waals surface area contributed by atoms with Crippen LogP contribution >= 0.6 is 15.9 Å². The standard InChI is InChI=1S/C18H24BrNO/c1-21-17-3-2-12(7-16(17)19)11-20-18-8-13-4-14(9-18)6-15(5-13)10-18/h2-3,7,13-15,20H,4-6,8-11H2,1H3. The third kappa shape index (κ3) is 2.63. The van der Waals surface area contributed by atoms with E-state index in [0.717, 1.165) is 34.5 Å². The second kappa shape index (κ2) is 5.27. The van der Waals surface area contributed by atoms with Crippen molar-refractivity contribution in [2.75, 3.05) is 7.11 Å². The fourth-order valence-corrected chi connectivity index (χ4v) is 6.02. The molecule has 0 amide bonds. The molecule has 0 spiro atoms. The van der Waals surface area contributed by atoms with Crippen LogP contribution in [0.25, 0.3) is 0 Å². The molecule has 4 bridgehead atoms. The highest BCUT2D eigenvalue weighted by atomic mass is 79.9. The van der Waals surface area contributed by atoms with Gasteiger partial charge in [-0.1, -0.05) is 6.07 Å². The highest BCUT2D eigenvalue weighted by molar-refractivity contribution is 9.10. The van der Waals surface area contributed by atoms with Crippen molar-refractivity contribution in [3.05, 3.63) is 28.2 Å². The number of methoxy groups -OCH3 is 1. The number of ether oxygens (including phenoxy) is 1. The maximum atomic E-state index is 5.31. The molecule has 2 nitrogen and oxygen atoms in total. The topological polar surface area (TPSA) is 21.3 Å². The molecule has 0 aromatic heterocycles. The molecule has 1 aromatic carbocycles. The number of rotatable bonds is 4. The second-order valence-electron chi connectivity index (χ2n) is 7.52. The fraction of sp³-hybridized carbons (Fsp3) is 0.667. The van der Waals surface area contributed by atoms with E-state index in [4.69, 9.17) is 4.74 Å². The first-order chi connectivity index (χ1) is 10.2. The zero-order valence-corrected chi connectivity index (χ0v) is 14.3. The average molecular weight is 350 g/mol. The maximum Gasteiger partial charge on any atom is 0.133 e. The molecular formula is C18H24BrNO. The van der Waals surface area contributed by atoms with E-state index in [0.29, 0.717) is 5.54 Å². The Hall–Kier alpha value is -0.540. The third-order valence-corrected chi connectivity index (χ3v) is 6.54. The highest BCUT2D eigenvalue weighted by Crippen LogP contribution is 2.55. The molecule has 4 saturated carbocycles. The fourth-order valence-electron chi connectivity index (χ4n) is 5.44. The molecule has 0 saturated heterocycles. The minimum atomic E-state index is 0.446. The van der Waals surface area contributed by atoms with E-state index < -0.39 is 0 Å². The van der Waals surface area contributed by atoms with E-state index in [2.05, 4.69) is 39.4 Å². The number of hydrogen-bond donors (Lipinski definition) is 1. The van der Waals surface area contributed by atoms with Crippen molar-refractivity contribution < 1.29 is 4.74 Å². The lowest BCUT2D eigenvalue weighted by atomic mass is 9.53. The molecule has 5 rings (SSSR count). The molecule has 114 valence electrons. The van der Waals surface area contributed by atoms with Crippen LogP contribution in [0.2, 0.25) is 0 Å². The predicted molar refractivity (Wildman–Crippen MR) is 88.4 cm³/mol. The summed E-state index contributed by atoms with van der Waals surface area (Å²) in [4.78, 5) is 0. The molecule has 0 heterocycles. The van der Waals surface area contributed by atoms with Gasteiger partial charge in [0.25, 0.3) is 0 Å². The molecule has 0 aliphatic heterocycles. The summed E-state index contributed by atoms with van der Waals surface area (Å²) >= 11 is 3.59. The van der Waals surface area contributed by atoms with Gasteiger partial charge in [-0.05, 0) is 89.9 Å². The zero-order chi connectivity index (χ0) is 14.4. The summed E-state index contributed by atoms with van der Waals surface area (Å²) in [5.41, 5.74) is 1.79. The lowest BCUT2D eigenvalue weighted by Gasteiger charge is -2.57. The Labute approximate surface area is 135 Å². The predicted octanol–water partition coefficient (Wildman–Crippen LogP) is 4.52. The van der Waals surface area contributed by atoms with E-state index >= 15 is 0 Å². The van der Waals surface area contributed by atoms with Crippen molar-refractivity contribution in [1.82, 2.24) is 5.32 Å². The van der Waals surface area contributed by atoms with Crippen LogP contribution in [0.4, 0.5) is 0 Å². The number of hydrogen-bond acceptors (Lipinski definition) is 2. The van der Waals surface area contributed by atoms with E-state index in [-0.39, 0.29) is 0 Å². The first kappa shape index (κ1) is 14.1. The summed E-state index contributed by atoms with van der Waals surface area (Å²) in [6.45, 7) is 0.981. The van der Waals surface area contributed by atoms with Gasteiger partial charge in [-0.15, -0.1) is 0 Å². The van der Waals surface area contributed by atoms with Crippen molar-refractivity contribution in [3.63, 3.8) is 0 Å². The van der Waals surface area contributed by atoms with E-state index in [9.17, 15) is 0 Å². The van der Waals surface area contributed by atoms with Gasteiger partial charge >= 0.3 is 0 Å². The molecule has 1 N–H and O–H groups in total. The van der Waals surface area contributed by atoms with Crippen LogP contribution in [0.3, 0.4) is 0 Å². The van der Waals surface area contributed by atoms with Crippen molar-refractivity contribution in [3.8, 4) is 5.75 Å². The average Bonchev–Trinajstić information content (AvgIpc) is 2.44. The van der Waals surface area contributed by atoms with Crippen LogP contribution < -0.4 is 10.1 Å². The van der Waals surface area contributed by atoms with Gasteiger partial charge in [-0.25, -0.2) is 0 Å². The summed E-state index contributed by atoms with van der Waals surface area (Å²) in [7, 11) is 1.72. The molecular weight excluding hydrogens is 326 g/mol. The second-order valence-corrected chi connectivity index (χ2v) is 8.37. The molecule has 0 unspecified atom stereocenters. The SMILES string of the molecule is COc1ccc(CNC23CC4CC(CC(C4)C2)C3)cc1Br. The first-order valence-corrected chi connectivity index (χ1v) is 9.02. The van der Waals surface area contributed by atoms with Gasteiger partial charge in [-0.3, -0.25) is 0 Å². The van der Waals surface area contributed by atoms with Crippen LogP contribution in [-0.2, 0) is 6.54 Å². The highest BCUT2D eigenvalue weighted by Gasteiger charge is 2.50. The van der Waals surface area contributed by atoms with Crippen LogP contribution in [-0.4, -0.2) is 12.6 Å². The number of halogens is 1. The molecule has 4 aliphatic rings. The van der Waals surface area contributed by atoms with Gasteiger partial charge in [0.1, 0.15) is 5.75 Å². The monoisotopic (exact) mass is 349 g/mol. The minimum absolute atomic E-state index is 0.446. The number of benzene rings is 1. The van der Waals surface area contributed by atoms with Crippen LogP contribution in [0, 0.1) is 17.8 Å². The van der Waals surface area contributed by atoms with E-state index in [1.165, 1.54) is 44.1 Å². The van der Waals surface area contributed by atoms with Gasteiger partial charge < -0.3 is 10.1 Å². The molecule has 1 aromatic rings. The largest absolute Gasteiger partial charge is 0.496 e. The normalized spacial score (nSPS) is 37.0.